The van der Waals surface area contributed by atoms with Crippen LogP contribution in [0.1, 0.15) is 0 Å². The van der Waals surface area contributed by atoms with Crippen LogP contribution in [-0.4, -0.2) is 21.1 Å². The van der Waals surface area contributed by atoms with E-state index >= 15 is 0 Å². The van der Waals surface area contributed by atoms with Crippen molar-refractivity contribution >= 4 is 92.0 Å². The van der Waals surface area contributed by atoms with Gasteiger partial charge < -0.3 is 15.2 Å². The lowest BCUT2D eigenvalue weighted by atomic mass is 9.97. The third-order valence-corrected chi connectivity index (χ3v) is 12.0. The third-order valence-electron chi connectivity index (χ3n) is 10.9. The van der Waals surface area contributed by atoms with E-state index in [0.29, 0.717) is 0 Å². The van der Waals surface area contributed by atoms with E-state index in [4.69, 9.17) is 0 Å². The number of aromatic nitrogens is 2. The van der Waals surface area contributed by atoms with Crippen LogP contribution < -0.4 is 10.6 Å². The van der Waals surface area contributed by atoms with E-state index in [1.807, 2.05) is 11.3 Å². The monoisotopic (exact) mass is 644 g/mol. The topological polar surface area (TPSA) is 33.4 Å². The average molecular weight is 645 g/mol. The van der Waals surface area contributed by atoms with Crippen molar-refractivity contribution in [3.05, 3.63) is 146 Å². The normalized spacial score (nSPS) is 17.1. The number of nitrogens with one attached hydrogen (secondary N) is 2. The van der Waals surface area contributed by atoms with Gasteiger partial charge in [-0.1, -0.05) is 103 Å². The van der Waals surface area contributed by atoms with Gasteiger partial charge in [0.1, 0.15) is 5.82 Å². The Hall–Kier alpha value is -6.04. The lowest BCUT2D eigenvalue weighted by Crippen LogP contribution is -2.41. The first-order valence-electron chi connectivity index (χ1n) is 17.0. The molecule has 4 nitrogen and oxygen atoms in total. The van der Waals surface area contributed by atoms with Crippen molar-refractivity contribution in [2.75, 3.05) is 10.6 Å². The van der Waals surface area contributed by atoms with E-state index < -0.39 is 0 Å². The number of thiophene rings is 1. The van der Waals surface area contributed by atoms with Crippen LogP contribution in [0.3, 0.4) is 0 Å². The Morgan fingerprint density at radius 1 is 0.531 bits per heavy atom. The van der Waals surface area contributed by atoms with Crippen molar-refractivity contribution in [1.29, 1.82) is 0 Å². The number of rotatable bonds is 2. The molecular formula is C44H28N4S. The predicted octanol–water partition coefficient (Wildman–Crippen LogP) is 11.5. The number of fused-ring (bicyclic) bond motifs is 14. The number of benzene rings is 6. The molecule has 49 heavy (non-hydrogen) atoms. The molecule has 1 aliphatic heterocycles. The molecule has 0 bridgehead atoms. The SMILES string of the molecule is C1=CC2Nc3c(n4c5ccc(-c6cccc7c8ccccc8n(-c8ccccc8)c67)cc5c5c6c(cc3c54)sc3ccccc36)NC2C=C1. The van der Waals surface area contributed by atoms with Crippen LogP contribution in [-0.2, 0) is 0 Å². The van der Waals surface area contributed by atoms with E-state index in [1.165, 1.54) is 91.7 Å². The van der Waals surface area contributed by atoms with Crippen molar-refractivity contribution < 1.29 is 0 Å². The first-order valence-corrected chi connectivity index (χ1v) is 17.8. The van der Waals surface area contributed by atoms with Crippen molar-refractivity contribution in [2.45, 2.75) is 12.1 Å². The molecule has 230 valence electrons. The molecule has 12 rings (SSSR count). The second-order valence-electron chi connectivity index (χ2n) is 13.4. The maximum Gasteiger partial charge on any atom is 0.136 e. The first-order chi connectivity index (χ1) is 24.3. The quantitative estimate of drug-likeness (QED) is 0.196. The Morgan fingerprint density at radius 2 is 1.31 bits per heavy atom. The highest BCUT2D eigenvalue weighted by Crippen LogP contribution is 2.51. The lowest BCUT2D eigenvalue weighted by molar-refractivity contribution is 0.760. The van der Waals surface area contributed by atoms with Gasteiger partial charge in [0, 0.05) is 58.4 Å². The molecule has 0 radical (unpaired) electrons. The van der Waals surface area contributed by atoms with Gasteiger partial charge >= 0.3 is 0 Å². The molecule has 1 aliphatic carbocycles. The molecule has 0 saturated carbocycles. The fourth-order valence-corrected chi connectivity index (χ4v) is 9.99. The number of anilines is 2. The van der Waals surface area contributed by atoms with Crippen LogP contribution >= 0.6 is 11.3 Å². The fourth-order valence-electron chi connectivity index (χ4n) is 8.84. The van der Waals surface area contributed by atoms with E-state index in [9.17, 15) is 0 Å². The zero-order chi connectivity index (χ0) is 31.8. The molecule has 2 aliphatic rings. The predicted molar refractivity (Wildman–Crippen MR) is 209 cm³/mol. The molecule has 2 atom stereocenters. The van der Waals surface area contributed by atoms with E-state index in [0.717, 1.165) is 5.82 Å². The number of para-hydroxylation sites is 3. The number of hydrogen-bond donors (Lipinski definition) is 2. The van der Waals surface area contributed by atoms with Crippen molar-refractivity contribution in [2.24, 2.45) is 0 Å². The highest BCUT2D eigenvalue weighted by Gasteiger charge is 2.33. The second-order valence-corrected chi connectivity index (χ2v) is 14.5. The van der Waals surface area contributed by atoms with Gasteiger partial charge in [-0.3, -0.25) is 4.40 Å². The van der Waals surface area contributed by atoms with E-state index in [-0.39, 0.29) is 12.1 Å². The molecule has 5 heteroatoms. The van der Waals surface area contributed by atoms with Crippen molar-refractivity contribution in [3.63, 3.8) is 0 Å². The highest BCUT2D eigenvalue weighted by atomic mass is 32.1. The summed E-state index contributed by atoms with van der Waals surface area (Å²) in [5.41, 5.74) is 9.80. The number of hydrogen-bond acceptors (Lipinski definition) is 3. The molecule has 2 unspecified atom stereocenters. The molecule has 0 saturated heterocycles. The highest BCUT2D eigenvalue weighted by molar-refractivity contribution is 7.26. The van der Waals surface area contributed by atoms with Gasteiger partial charge in [0.25, 0.3) is 0 Å². The zero-order valence-corrected chi connectivity index (χ0v) is 27.1. The van der Waals surface area contributed by atoms with Gasteiger partial charge in [-0.25, -0.2) is 0 Å². The molecule has 2 N–H and O–H groups in total. The van der Waals surface area contributed by atoms with Crippen LogP contribution in [0.2, 0.25) is 0 Å². The summed E-state index contributed by atoms with van der Waals surface area (Å²) in [6.45, 7) is 0. The molecular weight excluding hydrogens is 617 g/mol. The van der Waals surface area contributed by atoms with Gasteiger partial charge in [-0.15, -0.1) is 11.3 Å². The Balaban J connectivity index is 1.22. The van der Waals surface area contributed by atoms with E-state index in [2.05, 4.69) is 165 Å². The molecule has 6 aromatic carbocycles. The largest absolute Gasteiger partial charge is 0.373 e. The fraction of sp³-hybridized carbons (Fsp3) is 0.0455. The maximum atomic E-state index is 3.94. The summed E-state index contributed by atoms with van der Waals surface area (Å²) in [5, 5.41) is 17.0. The van der Waals surface area contributed by atoms with E-state index in [1.54, 1.807) is 0 Å². The minimum absolute atomic E-state index is 0.198. The smallest absolute Gasteiger partial charge is 0.136 e. The van der Waals surface area contributed by atoms with Crippen LogP contribution in [0.25, 0.3) is 86.0 Å². The molecule has 0 amide bonds. The summed E-state index contributed by atoms with van der Waals surface area (Å²) in [6, 6.07) is 45.2. The van der Waals surface area contributed by atoms with Crippen LogP contribution in [0, 0.1) is 0 Å². The minimum atomic E-state index is 0.198. The Kier molecular flexibility index (Phi) is 4.94. The Morgan fingerprint density at radius 3 is 2.20 bits per heavy atom. The summed E-state index contributed by atoms with van der Waals surface area (Å²) >= 11 is 1.90. The minimum Gasteiger partial charge on any atom is -0.373 e. The molecule has 5 heterocycles. The summed E-state index contributed by atoms with van der Waals surface area (Å²) in [4.78, 5) is 0. The van der Waals surface area contributed by atoms with Gasteiger partial charge in [0.05, 0.1) is 39.8 Å². The maximum absolute atomic E-state index is 3.94. The standard InChI is InChI=1S/C44H28N4S/c1-2-11-26(12-3-1)47-35-19-8-4-13-28(35)29-16-10-15-27(42(29)47)25-21-22-36-31(23-25)40-39-30-14-5-9-20-37(30)49-38(39)24-32-41-44(48(36)43(32)40)46-34-18-7-6-17-33(34)45-41/h1-24,33-34,45-46H. The van der Waals surface area contributed by atoms with Crippen LogP contribution in [0.5, 0.6) is 0 Å². The average Bonchev–Trinajstić information content (AvgIpc) is 3.89. The van der Waals surface area contributed by atoms with Crippen LogP contribution in [0.15, 0.2) is 146 Å². The van der Waals surface area contributed by atoms with Gasteiger partial charge in [-0.2, -0.15) is 0 Å². The lowest BCUT2D eigenvalue weighted by Gasteiger charge is -2.33. The molecule has 0 spiro atoms. The second kappa shape index (κ2) is 9.31. The number of nitrogens with zero attached hydrogens (tertiary/aromatic N) is 2. The van der Waals surface area contributed by atoms with Crippen molar-refractivity contribution in [3.8, 4) is 16.8 Å². The molecule has 0 fully saturated rings. The van der Waals surface area contributed by atoms with Crippen molar-refractivity contribution in [1.82, 2.24) is 8.97 Å². The summed E-state index contributed by atoms with van der Waals surface area (Å²) in [5.74, 6) is 1.15. The third kappa shape index (κ3) is 3.32. The summed E-state index contributed by atoms with van der Waals surface area (Å²) in [6.07, 6.45) is 8.83. The Labute approximate surface area is 285 Å². The van der Waals surface area contributed by atoms with Gasteiger partial charge in [0.15, 0.2) is 0 Å². The zero-order valence-electron chi connectivity index (χ0n) is 26.3. The van der Waals surface area contributed by atoms with Crippen LogP contribution in [0.4, 0.5) is 11.5 Å². The molecule has 10 aromatic rings. The van der Waals surface area contributed by atoms with Gasteiger partial charge in [0.2, 0.25) is 0 Å². The van der Waals surface area contributed by atoms with Gasteiger partial charge in [-0.05, 0) is 48.0 Å². The first kappa shape index (κ1) is 26.0. The summed E-state index contributed by atoms with van der Waals surface area (Å²) < 4.78 is 7.59. The molecule has 4 aromatic heterocycles. The summed E-state index contributed by atoms with van der Waals surface area (Å²) in [7, 11) is 0. The number of allylic oxidation sites excluding steroid dienone is 2. The Bertz CT molecular complexity index is 3060.